The summed E-state index contributed by atoms with van der Waals surface area (Å²) in [7, 11) is 0. The number of nitrogens with two attached hydrogens (primary N) is 1. The van der Waals surface area contributed by atoms with Gasteiger partial charge in [0.2, 0.25) is 0 Å². The Morgan fingerprint density at radius 3 is 2.59 bits per heavy atom. The molecule has 2 aromatic rings. The maximum Gasteiger partial charge on any atom is 0.0578 e. The molecule has 1 unspecified atom stereocenters. The second kappa shape index (κ2) is 4.98. The first-order chi connectivity index (χ1) is 8.08. The monoisotopic (exact) mass is 290 g/mol. The Bertz CT molecular complexity index is 537. The summed E-state index contributed by atoms with van der Waals surface area (Å²) in [6.45, 7) is 4.09. The highest BCUT2D eigenvalue weighted by Crippen LogP contribution is 2.27. The number of halogens is 1. The van der Waals surface area contributed by atoms with E-state index >= 15 is 0 Å². The molecule has 0 aliphatic rings. The van der Waals surface area contributed by atoms with Crippen molar-refractivity contribution in [2.45, 2.75) is 19.9 Å². The van der Waals surface area contributed by atoms with Crippen LogP contribution < -0.4 is 5.73 Å². The van der Waals surface area contributed by atoms with Gasteiger partial charge in [-0.3, -0.25) is 4.98 Å². The predicted octanol–water partition coefficient (Wildman–Crippen LogP) is 3.51. The van der Waals surface area contributed by atoms with Crippen LogP contribution in [-0.2, 0) is 0 Å². The van der Waals surface area contributed by atoms with Gasteiger partial charge in [-0.2, -0.15) is 0 Å². The Balaban J connectivity index is 2.43. The standard InChI is InChI=1S/C14H15BrN2/c1-9-3-4-13(15)12(6-9)14(16)11-5-10(2)7-17-8-11/h3-8,14H,16H2,1-2H3. The maximum atomic E-state index is 6.28. The van der Waals surface area contributed by atoms with Crippen LogP contribution in [0.2, 0.25) is 0 Å². The number of pyridine rings is 1. The summed E-state index contributed by atoms with van der Waals surface area (Å²) >= 11 is 3.55. The molecule has 0 bridgehead atoms. The normalized spacial score (nSPS) is 12.5. The highest BCUT2D eigenvalue weighted by Gasteiger charge is 2.12. The van der Waals surface area contributed by atoms with Crippen molar-refractivity contribution in [3.8, 4) is 0 Å². The molecule has 2 rings (SSSR count). The van der Waals surface area contributed by atoms with Crippen molar-refractivity contribution in [1.29, 1.82) is 0 Å². The minimum Gasteiger partial charge on any atom is -0.320 e. The van der Waals surface area contributed by atoms with Gasteiger partial charge in [-0.15, -0.1) is 0 Å². The number of aromatic nitrogens is 1. The van der Waals surface area contributed by atoms with E-state index in [9.17, 15) is 0 Å². The fourth-order valence-electron chi connectivity index (χ4n) is 1.83. The highest BCUT2D eigenvalue weighted by molar-refractivity contribution is 9.10. The van der Waals surface area contributed by atoms with Crippen LogP contribution in [0.1, 0.15) is 28.3 Å². The van der Waals surface area contributed by atoms with Crippen LogP contribution >= 0.6 is 15.9 Å². The van der Waals surface area contributed by atoms with Crippen LogP contribution in [0.25, 0.3) is 0 Å². The molecule has 3 heteroatoms. The van der Waals surface area contributed by atoms with Crippen molar-refractivity contribution in [2.75, 3.05) is 0 Å². The zero-order valence-corrected chi connectivity index (χ0v) is 11.5. The summed E-state index contributed by atoms with van der Waals surface area (Å²) in [5.74, 6) is 0. The highest BCUT2D eigenvalue weighted by atomic mass is 79.9. The molecule has 88 valence electrons. The average Bonchev–Trinajstić information content (AvgIpc) is 2.31. The van der Waals surface area contributed by atoms with E-state index in [1.54, 1.807) is 0 Å². The Labute approximate surface area is 110 Å². The smallest absolute Gasteiger partial charge is 0.0578 e. The Hall–Kier alpha value is -1.19. The van der Waals surface area contributed by atoms with E-state index in [-0.39, 0.29) is 6.04 Å². The van der Waals surface area contributed by atoms with Crippen molar-refractivity contribution in [2.24, 2.45) is 5.73 Å². The summed E-state index contributed by atoms with van der Waals surface area (Å²) in [5.41, 5.74) is 10.8. The number of rotatable bonds is 2. The number of hydrogen-bond donors (Lipinski definition) is 1. The third-order valence-electron chi connectivity index (χ3n) is 2.74. The van der Waals surface area contributed by atoms with Gasteiger partial charge in [0.15, 0.2) is 0 Å². The Kier molecular flexibility index (Phi) is 3.60. The second-order valence-corrected chi connectivity index (χ2v) is 5.15. The van der Waals surface area contributed by atoms with Crippen molar-refractivity contribution in [3.63, 3.8) is 0 Å². The zero-order valence-electron chi connectivity index (χ0n) is 9.94. The molecular formula is C14H15BrN2. The Morgan fingerprint density at radius 1 is 1.12 bits per heavy atom. The lowest BCUT2D eigenvalue weighted by Gasteiger charge is -2.15. The van der Waals surface area contributed by atoms with Crippen molar-refractivity contribution >= 4 is 15.9 Å². The molecular weight excluding hydrogens is 276 g/mol. The molecule has 1 aromatic heterocycles. The molecule has 0 fully saturated rings. The lowest BCUT2D eigenvalue weighted by Crippen LogP contribution is -2.13. The minimum atomic E-state index is -0.142. The number of aryl methyl sites for hydroxylation is 2. The summed E-state index contributed by atoms with van der Waals surface area (Å²) in [4.78, 5) is 4.19. The molecule has 1 heterocycles. The van der Waals surface area contributed by atoms with Crippen molar-refractivity contribution < 1.29 is 0 Å². The summed E-state index contributed by atoms with van der Waals surface area (Å²) in [6.07, 6.45) is 3.66. The molecule has 1 aromatic carbocycles. The van der Waals surface area contributed by atoms with E-state index in [0.29, 0.717) is 0 Å². The topological polar surface area (TPSA) is 38.9 Å². The third-order valence-corrected chi connectivity index (χ3v) is 3.46. The third kappa shape index (κ3) is 2.73. The van der Waals surface area contributed by atoms with Gasteiger partial charge in [-0.25, -0.2) is 0 Å². The largest absolute Gasteiger partial charge is 0.320 e. The molecule has 0 saturated carbocycles. The zero-order chi connectivity index (χ0) is 12.4. The maximum absolute atomic E-state index is 6.28. The van der Waals surface area contributed by atoms with E-state index in [1.165, 1.54) is 5.56 Å². The molecule has 0 radical (unpaired) electrons. The first-order valence-electron chi connectivity index (χ1n) is 5.51. The molecule has 1 atom stereocenters. The van der Waals surface area contributed by atoms with Gasteiger partial charge >= 0.3 is 0 Å². The molecule has 2 nitrogen and oxygen atoms in total. The first-order valence-corrected chi connectivity index (χ1v) is 6.30. The molecule has 0 aliphatic carbocycles. The lowest BCUT2D eigenvalue weighted by atomic mass is 9.99. The van der Waals surface area contributed by atoms with E-state index < -0.39 is 0 Å². The summed E-state index contributed by atoms with van der Waals surface area (Å²) in [6, 6.07) is 8.14. The Morgan fingerprint density at radius 2 is 1.88 bits per heavy atom. The molecule has 0 amide bonds. The predicted molar refractivity (Wildman–Crippen MR) is 73.9 cm³/mol. The van der Waals surface area contributed by atoms with Crippen LogP contribution in [0.15, 0.2) is 41.1 Å². The van der Waals surface area contributed by atoms with E-state index in [4.69, 9.17) is 5.73 Å². The van der Waals surface area contributed by atoms with Gasteiger partial charge in [0.05, 0.1) is 6.04 Å². The van der Waals surface area contributed by atoms with E-state index in [0.717, 1.165) is 21.2 Å². The SMILES string of the molecule is Cc1cncc(C(N)c2cc(C)ccc2Br)c1. The summed E-state index contributed by atoms with van der Waals surface area (Å²) < 4.78 is 1.04. The average molecular weight is 291 g/mol. The van der Waals surface area contributed by atoms with E-state index in [1.807, 2.05) is 25.4 Å². The van der Waals surface area contributed by atoms with Crippen LogP contribution in [-0.4, -0.2) is 4.98 Å². The second-order valence-electron chi connectivity index (χ2n) is 4.30. The van der Waals surface area contributed by atoms with Crippen LogP contribution in [0, 0.1) is 13.8 Å². The van der Waals surface area contributed by atoms with Gasteiger partial charge < -0.3 is 5.73 Å². The van der Waals surface area contributed by atoms with Crippen molar-refractivity contribution in [3.05, 3.63) is 63.4 Å². The molecule has 17 heavy (non-hydrogen) atoms. The molecule has 2 N–H and O–H groups in total. The van der Waals surface area contributed by atoms with Gasteiger partial charge in [-0.1, -0.05) is 39.7 Å². The van der Waals surface area contributed by atoms with Gasteiger partial charge in [-0.05, 0) is 36.6 Å². The fraction of sp³-hybridized carbons (Fsp3) is 0.214. The van der Waals surface area contributed by atoms with Crippen LogP contribution in [0.3, 0.4) is 0 Å². The van der Waals surface area contributed by atoms with E-state index in [2.05, 4.69) is 46.0 Å². The number of nitrogens with zero attached hydrogens (tertiary/aromatic N) is 1. The summed E-state index contributed by atoms with van der Waals surface area (Å²) in [5, 5.41) is 0. The quantitative estimate of drug-likeness (QED) is 0.919. The number of benzene rings is 1. The fourth-order valence-corrected chi connectivity index (χ4v) is 2.32. The molecule has 0 aliphatic heterocycles. The van der Waals surface area contributed by atoms with Crippen LogP contribution in [0.4, 0.5) is 0 Å². The van der Waals surface area contributed by atoms with Gasteiger partial charge in [0, 0.05) is 16.9 Å². The van der Waals surface area contributed by atoms with Gasteiger partial charge in [0.25, 0.3) is 0 Å². The molecule has 0 spiro atoms. The first kappa shape index (κ1) is 12.3. The van der Waals surface area contributed by atoms with Gasteiger partial charge in [0.1, 0.15) is 0 Å². The van der Waals surface area contributed by atoms with Crippen molar-refractivity contribution in [1.82, 2.24) is 4.98 Å². The van der Waals surface area contributed by atoms with Crippen LogP contribution in [0.5, 0.6) is 0 Å². The minimum absolute atomic E-state index is 0.142. The number of hydrogen-bond acceptors (Lipinski definition) is 2. The molecule has 0 saturated heterocycles. The lowest BCUT2D eigenvalue weighted by molar-refractivity contribution is 0.853.